The maximum absolute atomic E-state index is 12.5. The summed E-state index contributed by atoms with van der Waals surface area (Å²) < 4.78 is 16.3. The van der Waals surface area contributed by atoms with E-state index in [-0.39, 0.29) is 17.7 Å². The van der Waals surface area contributed by atoms with Crippen molar-refractivity contribution in [3.8, 4) is 11.8 Å². The number of aromatic nitrogens is 4. The number of carbonyl (C=O) groups is 1. The van der Waals surface area contributed by atoms with Gasteiger partial charge in [-0.05, 0) is 13.0 Å². The van der Waals surface area contributed by atoms with Gasteiger partial charge in [-0.25, -0.2) is 15.0 Å². The Morgan fingerprint density at radius 3 is 2.94 bits per heavy atom. The second kappa shape index (κ2) is 8.45. The molecule has 0 N–H and O–H groups in total. The van der Waals surface area contributed by atoms with Crippen LogP contribution in [0.25, 0.3) is 0 Å². The monoisotopic (exact) mass is 435 g/mol. The molecular formula is C22H23N6O4. The Bertz CT molecular complexity index is 1120. The number of pyridine rings is 1. The third kappa shape index (κ3) is 3.83. The number of hydrogen-bond acceptors (Lipinski definition) is 9. The maximum atomic E-state index is 12.5. The highest BCUT2D eigenvalue weighted by atomic mass is 16.5. The topological polar surface area (TPSA) is 107 Å². The van der Waals surface area contributed by atoms with Crippen molar-refractivity contribution in [2.45, 2.75) is 32.4 Å². The first-order valence-electron chi connectivity index (χ1n) is 10.5. The van der Waals surface area contributed by atoms with Crippen molar-refractivity contribution in [2.75, 3.05) is 31.6 Å². The van der Waals surface area contributed by atoms with E-state index in [9.17, 15) is 4.79 Å². The van der Waals surface area contributed by atoms with E-state index >= 15 is 0 Å². The van der Waals surface area contributed by atoms with Crippen LogP contribution in [-0.2, 0) is 13.0 Å². The Kier molecular flexibility index (Phi) is 5.34. The molecule has 0 aromatic carbocycles. The number of fused-ring (bicyclic) bond motifs is 1. The van der Waals surface area contributed by atoms with Crippen LogP contribution >= 0.6 is 0 Å². The number of hydrogen-bond donors (Lipinski definition) is 0. The smallest absolute Gasteiger partial charge is 0.276 e. The molecule has 2 aliphatic rings. The summed E-state index contributed by atoms with van der Waals surface area (Å²) in [6, 6.07) is 4.77. The summed E-state index contributed by atoms with van der Waals surface area (Å²) in [6.07, 6.45) is 6.00. The van der Waals surface area contributed by atoms with Crippen LogP contribution in [0.2, 0.25) is 0 Å². The average Bonchev–Trinajstić information content (AvgIpc) is 3.51. The molecule has 5 rings (SSSR count). The molecule has 10 heteroatoms. The van der Waals surface area contributed by atoms with Crippen molar-refractivity contribution in [1.29, 1.82) is 0 Å². The van der Waals surface area contributed by atoms with Gasteiger partial charge >= 0.3 is 0 Å². The minimum absolute atomic E-state index is 0.148. The van der Waals surface area contributed by atoms with E-state index in [1.807, 2.05) is 13.1 Å². The van der Waals surface area contributed by atoms with E-state index in [1.54, 1.807) is 18.3 Å². The van der Waals surface area contributed by atoms with Gasteiger partial charge in [0.1, 0.15) is 18.7 Å². The largest absolute Gasteiger partial charge is 0.481 e. The highest BCUT2D eigenvalue weighted by Crippen LogP contribution is 2.31. The minimum atomic E-state index is -0.205. The molecule has 1 radical (unpaired) electrons. The van der Waals surface area contributed by atoms with Crippen LogP contribution in [0.1, 0.15) is 33.7 Å². The Morgan fingerprint density at radius 1 is 1.25 bits per heavy atom. The first-order chi connectivity index (χ1) is 15.6. The number of aryl methyl sites for hydroxylation is 1. The molecule has 165 valence electrons. The summed E-state index contributed by atoms with van der Waals surface area (Å²) in [5.74, 6) is 0.996. The molecule has 1 fully saturated rings. The molecule has 5 heterocycles. The van der Waals surface area contributed by atoms with Gasteiger partial charge < -0.3 is 23.8 Å². The first kappa shape index (κ1) is 20.2. The van der Waals surface area contributed by atoms with E-state index in [0.29, 0.717) is 37.8 Å². The molecule has 2 aliphatic heterocycles. The van der Waals surface area contributed by atoms with Crippen molar-refractivity contribution in [3.05, 3.63) is 53.4 Å². The predicted molar refractivity (Wildman–Crippen MR) is 113 cm³/mol. The number of methoxy groups -OCH3 is 1. The van der Waals surface area contributed by atoms with Crippen molar-refractivity contribution in [2.24, 2.45) is 0 Å². The molecule has 3 aromatic rings. The lowest BCUT2D eigenvalue weighted by molar-refractivity contribution is 0.0760. The van der Waals surface area contributed by atoms with Crippen LogP contribution in [0.5, 0.6) is 11.8 Å². The van der Waals surface area contributed by atoms with Gasteiger partial charge in [-0.2, -0.15) is 0 Å². The van der Waals surface area contributed by atoms with Crippen molar-refractivity contribution in [3.63, 3.8) is 0 Å². The number of rotatable bonds is 5. The molecule has 1 saturated heterocycles. The lowest BCUT2D eigenvalue weighted by atomic mass is 10.1. The molecule has 0 unspecified atom stereocenters. The summed E-state index contributed by atoms with van der Waals surface area (Å²) in [6.45, 7) is 4.48. The zero-order valence-electron chi connectivity index (χ0n) is 17.9. The molecule has 1 amide bonds. The van der Waals surface area contributed by atoms with E-state index in [1.165, 1.54) is 6.26 Å². The number of likely N-dealkylation sites (tertiary alicyclic amines) is 1. The van der Waals surface area contributed by atoms with Gasteiger partial charge in [0.05, 0.1) is 49.4 Å². The third-order valence-corrected chi connectivity index (χ3v) is 5.84. The fourth-order valence-corrected chi connectivity index (χ4v) is 4.18. The van der Waals surface area contributed by atoms with E-state index in [2.05, 4.69) is 37.1 Å². The van der Waals surface area contributed by atoms with Crippen LogP contribution in [0.15, 0.2) is 29.4 Å². The van der Waals surface area contributed by atoms with Gasteiger partial charge in [0.2, 0.25) is 11.8 Å². The van der Waals surface area contributed by atoms with Crippen molar-refractivity contribution in [1.82, 2.24) is 25.0 Å². The second-order valence-electron chi connectivity index (χ2n) is 7.88. The lowest BCUT2D eigenvalue weighted by Gasteiger charge is -2.31. The number of ether oxygens (including phenoxy) is 2. The number of amides is 1. The summed E-state index contributed by atoms with van der Waals surface area (Å²) in [7, 11) is 1.62. The SMILES string of the molecule is COc1ncc(N2CCc3ncnc(O[C@H]4CCN(C(=O)c5[c]con5)C4)c3C2)cc1C. The normalized spacial score (nSPS) is 17.9. The van der Waals surface area contributed by atoms with Crippen molar-refractivity contribution < 1.29 is 18.8 Å². The van der Waals surface area contributed by atoms with Crippen molar-refractivity contribution >= 4 is 11.6 Å². The minimum Gasteiger partial charge on any atom is -0.481 e. The summed E-state index contributed by atoms with van der Waals surface area (Å²) >= 11 is 0. The Labute approximate surface area is 185 Å². The van der Waals surface area contributed by atoms with Crippen LogP contribution in [0.4, 0.5) is 5.69 Å². The third-order valence-electron chi connectivity index (χ3n) is 5.84. The molecule has 0 spiro atoms. The van der Waals surface area contributed by atoms with Gasteiger partial charge in [-0.15, -0.1) is 0 Å². The zero-order valence-corrected chi connectivity index (χ0v) is 17.9. The fraction of sp³-hybridized carbons (Fsp3) is 0.409. The van der Waals surface area contributed by atoms with Gasteiger partial charge in [0, 0.05) is 31.5 Å². The van der Waals surface area contributed by atoms with E-state index < -0.39 is 0 Å². The standard InChI is InChI=1S/C22H23N6O4/c1-14-9-15(10-23-20(14)30-2)27-7-4-18-17(12-27)21(25-13-24-18)32-16-3-6-28(11-16)22(29)19-5-8-31-26-19/h8-10,13,16H,3-4,6-7,11-12H2,1-2H3/t16-/m0/s1. The van der Waals surface area contributed by atoms with E-state index in [4.69, 9.17) is 14.0 Å². The van der Waals surface area contributed by atoms with Gasteiger partial charge in [-0.3, -0.25) is 4.79 Å². The van der Waals surface area contributed by atoms with Gasteiger partial charge in [-0.1, -0.05) is 5.16 Å². The Hall–Kier alpha value is -3.69. The summed E-state index contributed by atoms with van der Waals surface area (Å²) in [5, 5.41) is 3.68. The molecule has 0 saturated carbocycles. The first-order valence-corrected chi connectivity index (χ1v) is 10.5. The van der Waals surface area contributed by atoms with Crippen LogP contribution < -0.4 is 14.4 Å². The number of anilines is 1. The summed E-state index contributed by atoms with van der Waals surface area (Å²) in [4.78, 5) is 29.7. The molecule has 10 nitrogen and oxygen atoms in total. The van der Waals surface area contributed by atoms with Crippen LogP contribution in [0.3, 0.4) is 0 Å². The number of nitrogens with zero attached hydrogens (tertiary/aromatic N) is 6. The quantitative estimate of drug-likeness (QED) is 0.593. The van der Waals surface area contributed by atoms with Gasteiger partial charge in [0.15, 0.2) is 5.69 Å². The molecule has 0 bridgehead atoms. The molecule has 3 aromatic heterocycles. The van der Waals surface area contributed by atoms with Crippen LogP contribution in [-0.4, -0.2) is 63.8 Å². The van der Waals surface area contributed by atoms with Gasteiger partial charge in [0.25, 0.3) is 5.91 Å². The average molecular weight is 435 g/mol. The molecular weight excluding hydrogens is 412 g/mol. The Balaban J connectivity index is 1.30. The predicted octanol–water partition coefficient (Wildman–Crippen LogP) is 1.83. The molecule has 32 heavy (non-hydrogen) atoms. The highest BCUT2D eigenvalue weighted by molar-refractivity contribution is 5.92. The lowest BCUT2D eigenvalue weighted by Crippen LogP contribution is -2.33. The highest BCUT2D eigenvalue weighted by Gasteiger charge is 2.31. The fourth-order valence-electron chi connectivity index (χ4n) is 4.18. The summed E-state index contributed by atoms with van der Waals surface area (Å²) in [5.41, 5.74) is 4.15. The second-order valence-corrected chi connectivity index (χ2v) is 7.88. The van der Waals surface area contributed by atoms with Crippen LogP contribution in [0, 0.1) is 13.0 Å². The Morgan fingerprint density at radius 2 is 2.16 bits per heavy atom. The number of carbonyl (C=O) groups excluding carboxylic acids is 1. The molecule has 1 atom stereocenters. The zero-order chi connectivity index (χ0) is 22.1. The maximum Gasteiger partial charge on any atom is 0.276 e. The molecule has 0 aliphatic carbocycles. The van der Waals surface area contributed by atoms with E-state index in [0.717, 1.165) is 35.5 Å².